The Balaban J connectivity index is 2.30. The monoisotopic (exact) mass is 257 g/mol. The van der Waals surface area contributed by atoms with Crippen LogP contribution in [-0.2, 0) is 9.53 Å². The second kappa shape index (κ2) is 7.20. The predicted octanol–water partition coefficient (Wildman–Crippen LogP) is 0.143. The number of carbonyl (C=O) groups excluding carboxylic acids is 2. The summed E-state index contributed by atoms with van der Waals surface area (Å²) >= 11 is 0. The van der Waals surface area contributed by atoms with Crippen molar-refractivity contribution in [2.24, 2.45) is 5.92 Å². The van der Waals surface area contributed by atoms with E-state index in [1.807, 2.05) is 0 Å². The fourth-order valence-corrected chi connectivity index (χ4v) is 2.04. The molecule has 0 aromatic rings. The van der Waals surface area contributed by atoms with E-state index in [2.05, 4.69) is 5.32 Å². The molecule has 6 heteroatoms. The molecule has 1 heterocycles. The van der Waals surface area contributed by atoms with Crippen LogP contribution < -0.4 is 5.32 Å². The summed E-state index contributed by atoms with van der Waals surface area (Å²) in [7, 11) is 5.09. The summed E-state index contributed by atoms with van der Waals surface area (Å²) in [5.74, 6) is 0.0945. The minimum Gasteiger partial charge on any atom is -0.383 e. The van der Waals surface area contributed by atoms with E-state index in [9.17, 15) is 9.59 Å². The standard InChI is InChI=1S/C12H23N3O3/c1-14(2)12(17)15-7-4-10(5-8-15)11(16)13-6-9-18-3/h10H,4-9H2,1-3H3,(H,13,16). The third-order valence-electron chi connectivity index (χ3n) is 3.12. The summed E-state index contributed by atoms with van der Waals surface area (Å²) in [5.41, 5.74) is 0. The van der Waals surface area contributed by atoms with Crippen molar-refractivity contribution in [3.8, 4) is 0 Å². The van der Waals surface area contributed by atoms with E-state index in [0.29, 0.717) is 26.2 Å². The third kappa shape index (κ3) is 4.18. The molecule has 18 heavy (non-hydrogen) atoms. The first-order chi connectivity index (χ1) is 8.56. The van der Waals surface area contributed by atoms with Crippen molar-refractivity contribution >= 4 is 11.9 Å². The van der Waals surface area contributed by atoms with Gasteiger partial charge in [-0.3, -0.25) is 4.79 Å². The summed E-state index contributed by atoms with van der Waals surface area (Å²) in [6, 6.07) is 0.0215. The van der Waals surface area contributed by atoms with Gasteiger partial charge in [-0.1, -0.05) is 0 Å². The Hall–Kier alpha value is -1.30. The van der Waals surface area contributed by atoms with E-state index in [1.165, 1.54) is 0 Å². The van der Waals surface area contributed by atoms with Crippen molar-refractivity contribution in [3.05, 3.63) is 0 Å². The molecule has 1 fully saturated rings. The first-order valence-electron chi connectivity index (χ1n) is 6.29. The third-order valence-corrected chi connectivity index (χ3v) is 3.12. The van der Waals surface area contributed by atoms with E-state index in [0.717, 1.165) is 12.8 Å². The molecule has 0 radical (unpaired) electrons. The quantitative estimate of drug-likeness (QED) is 0.729. The van der Waals surface area contributed by atoms with Crippen molar-refractivity contribution in [3.63, 3.8) is 0 Å². The van der Waals surface area contributed by atoms with Crippen LogP contribution >= 0.6 is 0 Å². The van der Waals surface area contributed by atoms with E-state index in [4.69, 9.17) is 4.74 Å². The largest absolute Gasteiger partial charge is 0.383 e. The minimum absolute atomic E-state index is 0.0214. The maximum atomic E-state index is 11.8. The van der Waals surface area contributed by atoms with E-state index in [1.54, 1.807) is 31.0 Å². The second-order valence-electron chi connectivity index (χ2n) is 4.72. The molecule has 1 aliphatic rings. The van der Waals surface area contributed by atoms with Gasteiger partial charge in [0.25, 0.3) is 0 Å². The number of likely N-dealkylation sites (tertiary alicyclic amines) is 1. The summed E-state index contributed by atoms with van der Waals surface area (Å²) in [5, 5.41) is 2.84. The van der Waals surface area contributed by atoms with Crippen molar-refractivity contribution in [1.29, 1.82) is 0 Å². The number of hydrogen-bond donors (Lipinski definition) is 1. The van der Waals surface area contributed by atoms with Crippen molar-refractivity contribution in [1.82, 2.24) is 15.1 Å². The molecule has 1 saturated heterocycles. The maximum absolute atomic E-state index is 11.8. The molecule has 3 amide bonds. The van der Waals surface area contributed by atoms with Crippen LogP contribution in [0, 0.1) is 5.92 Å². The molecule has 1 aliphatic heterocycles. The van der Waals surface area contributed by atoms with Gasteiger partial charge in [0.15, 0.2) is 0 Å². The summed E-state index contributed by atoms with van der Waals surface area (Å²) in [6.07, 6.45) is 1.47. The maximum Gasteiger partial charge on any atom is 0.319 e. The summed E-state index contributed by atoms with van der Waals surface area (Å²) < 4.78 is 4.88. The van der Waals surface area contributed by atoms with Crippen molar-refractivity contribution < 1.29 is 14.3 Å². The van der Waals surface area contributed by atoms with Gasteiger partial charge in [0.05, 0.1) is 6.61 Å². The number of rotatable bonds is 4. The average Bonchev–Trinajstić information content (AvgIpc) is 2.38. The normalized spacial score (nSPS) is 16.5. The van der Waals surface area contributed by atoms with E-state index >= 15 is 0 Å². The first kappa shape index (κ1) is 14.8. The van der Waals surface area contributed by atoms with Crippen LogP contribution in [0.5, 0.6) is 0 Å². The van der Waals surface area contributed by atoms with Gasteiger partial charge in [-0.15, -0.1) is 0 Å². The summed E-state index contributed by atoms with van der Waals surface area (Å²) in [6.45, 7) is 2.38. The van der Waals surface area contributed by atoms with Crippen LogP contribution in [-0.4, -0.2) is 69.2 Å². The lowest BCUT2D eigenvalue weighted by Crippen LogP contribution is -2.46. The van der Waals surface area contributed by atoms with Crippen LogP contribution in [0.2, 0.25) is 0 Å². The van der Waals surface area contributed by atoms with Gasteiger partial charge in [0, 0.05) is 46.8 Å². The highest BCUT2D eigenvalue weighted by molar-refractivity contribution is 5.79. The lowest BCUT2D eigenvalue weighted by Gasteiger charge is -2.33. The molecule has 0 aliphatic carbocycles. The minimum atomic E-state index is 0.0214. The van der Waals surface area contributed by atoms with E-state index in [-0.39, 0.29) is 17.9 Å². The van der Waals surface area contributed by atoms with Crippen LogP contribution in [0.25, 0.3) is 0 Å². The topological polar surface area (TPSA) is 61.9 Å². The zero-order chi connectivity index (χ0) is 13.5. The molecule has 0 saturated carbocycles. The Morgan fingerprint density at radius 2 is 1.94 bits per heavy atom. The smallest absolute Gasteiger partial charge is 0.319 e. The van der Waals surface area contributed by atoms with Crippen LogP contribution in [0.3, 0.4) is 0 Å². The number of nitrogens with zero attached hydrogens (tertiary/aromatic N) is 2. The Labute approximate surface area is 108 Å². The van der Waals surface area contributed by atoms with Gasteiger partial charge in [-0.05, 0) is 12.8 Å². The lowest BCUT2D eigenvalue weighted by atomic mass is 9.96. The molecule has 104 valence electrons. The molecule has 0 atom stereocenters. The van der Waals surface area contributed by atoms with Gasteiger partial charge in [-0.25, -0.2) is 4.79 Å². The Bertz CT molecular complexity index is 286. The zero-order valence-electron chi connectivity index (χ0n) is 11.4. The Kier molecular flexibility index (Phi) is 5.91. The number of methoxy groups -OCH3 is 1. The van der Waals surface area contributed by atoms with Crippen molar-refractivity contribution in [2.75, 3.05) is 47.4 Å². The number of carbonyl (C=O) groups is 2. The molecular formula is C12H23N3O3. The second-order valence-corrected chi connectivity index (χ2v) is 4.72. The number of hydrogen-bond acceptors (Lipinski definition) is 3. The highest BCUT2D eigenvalue weighted by atomic mass is 16.5. The SMILES string of the molecule is COCCNC(=O)C1CCN(C(=O)N(C)C)CC1. The fraction of sp³-hybridized carbons (Fsp3) is 0.833. The molecule has 0 spiro atoms. The van der Waals surface area contributed by atoms with Crippen LogP contribution in [0.4, 0.5) is 4.79 Å². The number of urea groups is 1. The highest BCUT2D eigenvalue weighted by Gasteiger charge is 2.27. The van der Waals surface area contributed by atoms with Crippen molar-refractivity contribution in [2.45, 2.75) is 12.8 Å². The number of piperidine rings is 1. The molecule has 1 rings (SSSR count). The Morgan fingerprint density at radius 1 is 1.33 bits per heavy atom. The molecule has 0 aromatic heterocycles. The molecular weight excluding hydrogens is 234 g/mol. The number of nitrogens with one attached hydrogen (secondary N) is 1. The number of ether oxygens (including phenoxy) is 1. The van der Waals surface area contributed by atoms with Gasteiger partial charge in [-0.2, -0.15) is 0 Å². The average molecular weight is 257 g/mol. The van der Waals surface area contributed by atoms with E-state index < -0.39 is 0 Å². The van der Waals surface area contributed by atoms with Crippen LogP contribution in [0.15, 0.2) is 0 Å². The van der Waals surface area contributed by atoms with Crippen LogP contribution in [0.1, 0.15) is 12.8 Å². The van der Waals surface area contributed by atoms with Gasteiger partial charge in [0.2, 0.25) is 5.91 Å². The molecule has 0 unspecified atom stereocenters. The Morgan fingerprint density at radius 3 is 2.44 bits per heavy atom. The van der Waals surface area contributed by atoms with Gasteiger partial charge >= 0.3 is 6.03 Å². The van der Waals surface area contributed by atoms with Gasteiger partial charge in [0.1, 0.15) is 0 Å². The fourth-order valence-electron chi connectivity index (χ4n) is 2.04. The predicted molar refractivity (Wildman–Crippen MR) is 68.3 cm³/mol. The highest BCUT2D eigenvalue weighted by Crippen LogP contribution is 2.17. The zero-order valence-corrected chi connectivity index (χ0v) is 11.4. The molecule has 1 N–H and O–H groups in total. The molecule has 6 nitrogen and oxygen atoms in total. The lowest BCUT2D eigenvalue weighted by molar-refractivity contribution is -0.126. The molecule has 0 bridgehead atoms. The number of amides is 3. The molecule has 0 aromatic carbocycles. The first-order valence-corrected chi connectivity index (χ1v) is 6.29. The summed E-state index contributed by atoms with van der Waals surface area (Å²) in [4.78, 5) is 26.9. The van der Waals surface area contributed by atoms with Gasteiger partial charge < -0.3 is 19.9 Å².